The van der Waals surface area contributed by atoms with E-state index in [0.717, 1.165) is 0 Å². The van der Waals surface area contributed by atoms with Crippen LogP contribution in [0.15, 0.2) is 24.3 Å². The van der Waals surface area contributed by atoms with Crippen molar-refractivity contribution in [2.24, 2.45) is 0 Å². The first-order valence-electron chi connectivity index (χ1n) is 4.21. The first-order chi connectivity index (χ1) is 7.36. The van der Waals surface area contributed by atoms with Crippen molar-refractivity contribution in [2.75, 3.05) is 0 Å². The van der Waals surface area contributed by atoms with Gasteiger partial charge in [0.15, 0.2) is 5.78 Å². The zero-order valence-corrected chi connectivity index (χ0v) is 14.7. The van der Waals surface area contributed by atoms with Crippen LogP contribution < -0.4 is 0 Å². The predicted octanol–water partition coefficient (Wildman–Crippen LogP) is 4.81. The number of hydrogen-bond donors (Lipinski definition) is 1. The molecule has 1 aromatic carbocycles. The molecule has 1 N–H and O–H groups in total. The molecule has 0 aliphatic heterocycles. The summed E-state index contributed by atoms with van der Waals surface area (Å²) in [6.07, 6.45) is 0. The highest BCUT2D eigenvalue weighted by molar-refractivity contribution is 9.29. The van der Waals surface area contributed by atoms with Crippen molar-refractivity contribution < 1.29 is 9.90 Å². The molecule has 0 radical (unpaired) electrons. The first-order valence-corrected chi connectivity index (χ1v) is 7.87. The van der Waals surface area contributed by atoms with Gasteiger partial charge in [0.25, 0.3) is 0 Å². The van der Waals surface area contributed by atoms with Gasteiger partial charge in [-0.1, -0.05) is 75.9 Å². The van der Waals surface area contributed by atoms with E-state index < -0.39 is 0 Å². The Morgan fingerprint density at radius 1 is 1.12 bits per heavy atom. The highest BCUT2D eigenvalue weighted by Gasteiger charge is 2.04. The summed E-state index contributed by atoms with van der Waals surface area (Å²) in [4.78, 5) is 10.7. The average molecular weight is 482 g/mol. The van der Waals surface area contributed by atoms with E-state index in [9.17, 15) is 4.79 Å². The molecule has 0 saturated heterocycles. The van der Waals surface area contributed by atoms with E-state index in [1.165, 1.54) is 13.0 Å². The molecule has 0 aliphatic rings. The number of benzene rings is 1. The molecule has 0 atom stereocenters. The Labute approximate surface area is 128 Å². The number of carbonyl (C=O) groups excluding carboxylic acids is 1. The summed E-state index contributed by atoms with van der Waals surface area (Å²) in [5.41, 5.74) is 0.377. The van der Waals surface area contributed by atoms with E-state index in [4.69, 9.17) is 5.11 Å². The van der Waals surface area contributed by atoms with Crippen LogP contribution in [0.5, 0.6) is 5.75 Å². The van der Waals surface area contributed by atoms with Crippen LogP contribution in [-0.4, -0.2) is 18.4 Å². The van der Waals surface area contributed by atoms with Crippen LogP contribution in [0.1, 0.15) is 17.3 Å². The summed E-state index contributed by atoms with van der Waals surface area (Å²) in [6.45, 7) is 1.43. The molecule has 6 heteroatoms. The fraction of sp³-hybridized carbons (Fsp3) is 0.300. The Bertz CT molecular complexity index is 333. The van der Waals surface area contributed by atoms with Crippen molar-refractivity contribution in [2.45, 2.75) is 14.4 Å². The van der Waals surface area contributed by atoms with Crippen molar-refractivity contribution in [3.8, 4) is 5.75 Å². The van der Waals surface area contributed by atoms with Crippen LogP contribution in [0.4, 0.5) is 0 Å². The van der Waals surface area contributed by atoms with Crippen molar-refractivity contribution in [3.63, 3.8) is 0 Å². The van der Waals surface area contributed by atoms with E-state index in [0.29, 0.717) is 13.0 Å². The molecule has 0 fully saturated rings. The van der Waals surface area contributed by atoms with Crippen LogP contribution in [0.25, 0.3) is 0 Å². The van der Waals surface area contributed by atoms with Gasteiger partial charge in [0.05, 0.1) is 13.0 Å². The van der Waals surface area contributed by atoms with Crippen molar-refractivity contribution >= 4 is 69.5 Å². The molecular weight excluding hydrogens is 472 g/mol. The fourth-order valence-corrected chi connectivity index (χ4v) is 0.771. The lowest BCUT2D eigenvalue weighted by atomic mass is 10.1. The lowest BCUT2D eigenvalue weighted by molar-refractivity contribution is 0.101. The molecule has 0 unspecified atom stereocenters. The zero-order valence-electron chi connectivity index (χ0n) is 8.33. The normalized spacial score (nSPS) is 9.94. The number of alkyl halides is 4. The number of phenols is 1. The third kappa shape index (κ3) is 7.04. The van der Waals surface area contributed by atoms with Crippen LogP contribution in [0.3, 0.4) is 0 Å². The second-order valence-electron chi connectivity index (χ2n) is 2.74. The standard InChI is InChI=1S/C8H8O2.C2H2Br4/c1-6(9)7-4-2-3-5-8(7)10;3-1(4)2(5)6/h2-5,10H,1H3;1-2H. The Kier molecular flexibility index (Phi) is 8.99. The summed E-state index contributed by atoms with van der Waals surface area (Å²) in [6, 6.07) is 6.49. The van der Waals surface area contributed by atoms with Gasteiger partial charge in [-0.25, -0.2) is 0 Å². The van der Waals surface area contributed by atoms with Crippen LogP contribution in [-0.2, 0) is 0 Å². The van der Waals surface area contributed by atoms with Gasteiger partial charge in [-0.2, -0.15) is 0 Å². The molecule has 0 spiro atoms. The molecule has 90 valence electrons. The molecule has 0 bridgehead atoms. The van der Waals surface area contributed by atoms with Gasteiger partial charge in [-0.05, 0) is 19.1 Å². The third-order valence-corrected chi connectivity index (χ3v) is 6.43. The molecule has 1 rings (SSSR count). The number of phenolic OH excluding ortho intramolecular Hbond substituents is 1. The van der Waals surface area contributed by atoms with Gasteiger partial charge < -0.3 is 5.11 Å². The molecule has 0 aliphatic carbocycles. The molecule has 16 heavy (non-hydrogen) atoms. The largest absolute Gasteiger partial charge is 0.507 e. The third-order valence-electron chi connectivity index (χ3n) is 1.47. The van der Waals surface area contributed by atoms with Gasteiger partial charge >= 0.3 is 0 Å². The van der Waals surface area contributed by atoms with Gasteiger partial charge in [-0.3, -0.25) is 4.79 Å². The van der Waals surface area contributed by atoms with Crippen molar-refractivity contribution in [3.05, 3.63) is 29.8 Å². The van der Waals surface area contributed by atoms with Crippen molar-refractivity contribution in [1.82, 2.24) is 0 Å². The van der Waals surface area contributed by atoms with Gasteiger partial charge in [0, 0.05) is 0 Å². The molecular formula is C10H10Br4O2. The Morgan fingerprint density at radius 3 is 1.81 bits per heavy atom. The summed E-state index contributed by atoms with van der Waals surface area (Å²) >= 11 is 13.0. The van der Waals surface area contributed by atoms with Crippen LogP contribution in [0.2, 0.25) is 0 Å². The zero-order chi connectivity index (χ0) is 12.7. The lowest BCUT2D eigenvalue weighted by Crippen LogP contribution is -1.93. The Balaban J connectivity index is 0.000000325. The van der Waals surface area contributed by atoms with Crippen LogP contribution >= 0.6 is 63.7 Å². The van der Waals surface area contributed by atoms with Gasteiger partial charge in [-0.15, -0.1) is 0 Å². The molecule has 0 amide bonds. The topological polar surface area (TPSA) is 37.3 Å². The van der Waals surface area contributed by atoms with E-state index in [1.54, 1.807) is 18.2 Å². The number of Topliss-reactive ketones (excluding diaryl/α,β-unsaturated/α-hetero) is 1. The fourth-order valence-electron chi connectivity index (χ4n) is 0.771. The average Bonchev–Trinajstić information content (AvgIpc) is 2.18. The van der Waals surface area contributed by atoms with Crippen molar-refractivity contribution in [1.29, 1.82) is 0 Å². The number of rotatable bonds is 2. The molecule has 0 saturated carbocycles. The maximum Gasteiger partial charge on any atom is 0.163 e. The number of carbonyl (C=O) groups is 1. The predicted molar refractivity (Wildman–Crippen MR) is 81.4 cm³/mol. The minimum absolute atomic E-state index is 0.0509. The Hall–Kier alpha value is 0.610. The monoisotopic (exact) mass is 478 g/mol. The van der Waals surface area contributed by atoms with Gasteiger partial charge in [0.2, 0.25) is 0 Å². The molecule has 0 aromatic heterocycles. The highest BCUT2D eigenvalue weighted by Crippen LogP contribution is 2.24. The number of para-hydroxylation sites is 1. The number of halogens is 4. The van der Waals surface area contributed by atoms with E-state index in [1.807, 2.05) is 0 Å². The Morgan fingerprint density at radius 2 is 1.56 bits per heavy atom. The number of ketones is 1. The maximum absolute atomic E-state index is 10.7. The summed E-state index contributed by atoms with van der Waals surface area (Å²) < 4.78 is 0.620. The van der Waals surface area contributed by atoms with Gasteiger partial charge in [0.1, 0.15) is 5.75 Å². The molecule has 0 heterocycles. The van der Waals surface area contributed by atoms with E-state index >= 15 is 0 Å². The minimum atomic E-state index is -0.113. The second kappa shape index (κ2) is 8.66. The first kappa shape index (κ1) is 16.6. The number of aromatic hydroxyl groups is 1. The summed E-state index contributed by atoms with van der Waals surface area (Å²) in [5.74, 6) is -0.0619. The van der Waals surface area contributed by atoms with E-state index in [-0.39, 0.29) is 11.5 Å². The minimum Gasteiger partial charge on any atom is -0.507 e. The van der Waals surface area contributed by atoms with E-state index in [2.05, 4.69) is 63.7 Å². The van der Waals surface area contributed by atoms with Crippen LogP contribution in [0, 0.1) is 0 Å². The highest BCUT2D eigenvalue weighted by atomic mass is 79.9. The maximum atomic E-state index is 10.7. The second-order valence-corrected chi connectivity index (χ2v) is 9.15. The lowest BCUT2D eigenvalue weighted by Gasteiger charge is -1.96. The summed E-state index contributed by atoms with van der Waals surface area (Å²) in [7, 11) is 0. The molecule has 1 aromatic rings. The molecule has 2 nitrogen and oxygen atoms in total. The quantitative estimate of drug-likeness (QED) is 0.486. The smallest absolute Gasteiger partial charge is 0.163 e. The summed E-state index contributed by atoms with van der Waals surface area (Å²) in [5, 5.41) is 9.06. The SMILES string of the molecule is BrC(Br)C(Br)Br.CC(=O)c1ccccc1O. The number of hydrogen-bond acceptors (Lipinski definition) is 2.